The number of hydrogen-bond donors (Lipinski definition) is 2. The van der Waals surface area contributed by atoms with Crippen molar-refractivity contribution >= 4 is 30.1 Å². The Morgan fingerprint density at radius 2 is 1.00 bits per heavy atom. The quantitative estimate of drug-likeness (QED) is 0.395. The molecule has 0 aliphatic heterocycles. The van der Waals surface area contributed by atoms with Gasteiger partial charge in [0.05, 0.1) is 13.2 Å². The maximum Gasteiger partial charge on any atom is 0.354 e. The number of rotatable bonds is 10. The standard InChI is InChI=1S/C27H32N2O5/c1-5-19-9-13-21(14-10-19)17-23(25(30)33-7-3)28-27(32)29-24(26(31)34-8-4)18-22-15-11-20(6-2)12-16-22/h9-18H,5-8H2,1-4H3,(H2,28,29,32)/b23-17-,24-18-. The second kappa shape index (κ2) is 13.6. The van der Waals surface area contributed by atoms with Gasteiger partial charge in [0.25, 0.3) is 0 Å². The lowest BCUT2D eigenvalue weighted by Crippen LogP contribution is -2.39. The molecule has 0 heterocycles. The molecule has 2 amide bonds. The number of nitrogens with one attached hydrogen (secondary N) is 2. The molecule has 7 nitrogen and oxygen atoms in total. The molecule has 0 aliphatic rings. The van der Waals surface area contributed by atoms with Gasteiger partial charge in [-0.15, -0.1) is 0 Å². The highest BCUT2D eigenvalue weighted by Crippen LogP contribution is 2.12. The van der Waals surface area contributed by atoms with Crippen molar-refractivity contribution in [3.63, 3.8) is 0 Å². The topological polar surface area (TPSA) is 93.7 Å². The first-order valence-electron chi connectivity index (χ1n) is 11.4. The highest BCUT2D eigenvalue weighted by atomic mass is 16.5. The Labute approximate surface area is 200 Å². The summed E-state index contributed by atoms with van der Waals surface area (Å²) in [5.41, 5.74) is 3.63. The van der Waals surface area contributed by atoms with Crippen LogP contribution in [0.4, 0.5) is 4.79 Å². The van der Waals surface area contributed by atoms with Crippen LogP contribution in [0.1, 0.15) is 49.9 Å². The second-order valence-corrected chi connectivity index (χ2v) is 7.33. The molecule has 0 saturated carbocycles. The van der Waals surface area contributed by atoms with Crippen molar-refractivity contribution in [1.82, 2.24) is 10.6 Å². The highest BCUT2D eigenvalue weighted by molar-refractivity contribution is 6.01. The molecule has 180 valence electrons. The van der Waals surface area contributed by atoms with E-state index in [4.69, 9.17) is 9.47 Å². The van der Waals surface area contributed by atoms with Crippen molar-refractivity contribution in [1.29, 1.82) is 0 Å². The van der Waals surface area contributed by atoms with Gasteiger partial charge in [-0.2, -0.15) is 0 Å². The first-order valence-corrected chi connectivity index (χ1v) is 11.4. The molecular formula is C27H32N2O5. The first-order chi connectivity index (χ1) is 16.4. The number of urea groups is 1. The molecule has 2 N–H and O–H groups in total. The highest BCUT2D eigenvalue weighted by Gasteiger charge is 2.18. The molecule has 2 rings (SSSR count). The minimum atomic E-state index is -0.769. The van der Waals surface area contributed by atoms with Crippen molar-refractivity contribution in [2.24, 2.45) is 0 Å². The molecule has 0 bridgehead atoms. The van der Waals surface area contributed by atoms with Crippen LogP contribution in [-0.2, 0) is 31.9 Å². The molecule has 0 saturated heterocycles. The van der Waals surface area contributed by atoms with Crippen molar-refractivity contribution < 1.29 is 23.9 Å². The fraction of sp³-hybridized carbons (Fsp3) is 0.296. The fourth-order valence-electron chi connectivity index (χ4n) is 3.02. The van der Waals surface area contributed by atoms with Crippen molar-refractivity contribution in [2.75, 3.05) is 13.2 Å². The maximum atomic E-state index is 12.7. The Bertz CT molecular complexity index is 954. The monoisotopic (exact) mass is 464 g/mol. The van der Waals surface area contributed by atoms with E-state index >= 15 is 0 Å². The van der Waals surface area contributed by atoms with E-state index in [0.29, 0.717) is 0 Å². The van der Waals surface area contributed by atoms with Gasteiger partial charge < -0.3 is 20.1 Å². The van der Waals surface area contributed by atoms with E-state index in [2.05, 4.69) is 10.6 Å². The summed E-state index contributed by atoms with van der Waals surface area (Å²) in [6.45, 7) is 7.75. The van der Waals surface area contributed by atoms with Gasteiger partial charge in [-0.1, -0.05) is 62.4 Å². The average molecular weight is 465 g/mol. The molecule has 2 aromatic carbocycles. The van der Waals surface area contributed by atoms with E-state index in [9.17, 15) is 14.4 Å². The van der Waals surface area contributed by atoms with E-state index in [-0.39, 0.29) is 24.6 Å². The molecule has 0 aliphatic carbocycles. The largest absolute Gasteiger partial charge is 0.461 e. The summed E-state index contributed by atoms with van der Waals surface area (Å²) in [4.78, 5) is 37.6. The number of amides is 2. The molecule has 0 unspecified atom stereocenters. The fourth-order valence-corrected chi connectivity index (χ4v) is 3.02. The van der Waals surface area contributed by atoms with Crippen molar-refractivity contribution in [2.45, 2.75) is 40.5 Å². The zero-order valence-corrected chi connectivity index (χ0v) is 20.1. The summed E-state index contributed by atoms with van der Waals surface area (Å²) in [6, 6.07) is 14.4. The van der Waals surface area contributed by atoms with Gasteiger partial charge in [0.1, 0.15) is 11.4 Å². The normalized spacial score (nSPS) is 11.5. The lowest BCUT2D eigenvalue weighted by Gasteiger charge is -2.13. The van der Waals surface area contributed by atoms with Gasteiger partial charge in [-0.25, -0.2) is 14.4 Å². The number of carbonyl (C=O) groups excluding carboxylic acids is 3. The lowest BCUT2D eigenvalue weighted by molar-refractivity contribution is -0.139. The van der Waals surface area contributed by atoms with Gasteiger partial charge in [-0.3, -0.25) is 0 Å². The van der Waals surface area contributed by atoms with Crippen LogP contribution in [0, 0.1) is 0 Å². The van der Waals surface area contributed by atoms with Crippen molar-refractivity contribution in [3.05, 3.63) is 82.2 Å². The van der Waals surface area contributed by atoms with E-state index in [1.807, 2.05) is 62.4 Å². The van der Waals surface area contributed by atoms with Gasteiger partial charge in [-0.05, 0) is 61.1 Å². The Balaban J connectivity index is 2.27. The molecule has 2 aromatic rings. The van der Waals surface area contributed by atoms with Crippen LogP contribution in [0.3, 0.4) is 0 Å². The first kappa shape index (κ1) is 26.4. The van der Waals surface area contributed by atoms with Gasteiger partial charge >= 0.3 is 18.0 Å². The summed E-state index contributed by atoms with van der Waals surface area (Å²) in [7, 11) is 0. The summed E-state index contributed by atoms with van der Waals surface area (Å²) in [5, 5.41) is 5.00. The summed E-state index contributed by atoms with van der Waals surface area (Å²) >= 11 is 0. The Hall–Kier alpha value is -3.87. The number of ether oxygens (including phenoxy) is 2. The Morgan fingerprint density at radius 1 is 0.647 bits per heavy atom. The SMILES string of the molecule is CCOC(=O)/C(=C/c1ccc(CC)cc1)NC(=O)N/C(=C\c1ccc(CC)cc1)C(=O)OCC. The minimum Gasteiger partial charge on any atom is -0.461 e. The molecule has 34 heavy (non-hydrogen) atoms. The lowest BCUT2D eigenvalue weighted by atomic mass is 10.1. The van der Waals surface area contributed by atoms with E-state index < -0.39 is 18.0 Å². The number of carbonyl (C=O) groups is 3. The maximum absolute atomic E-state index is 12.7. The van der Waals surface area contributed by atoms with Crippen LogP contribution in [0.5, 0.6) is 0 Å². The van der Waals surface area contributed by atoms with Crippen LogP contribution >= 0.6 is 0 Å². The average Bonchev–Trinajstić information content (AvgIpc) is 2.84. The minimum absolute atomic E-state index is 0.0564. The summed E-state index contributed by atoms with van der Waals surface area (Å²) in [5.74, 6) is -1.37. The Morgan fingerprint density at radius 3 is 1.29 bits per heavy atom. The molecule has 0 radical (unpaired) electrons. The number of hydrogen-bond acceptors (Lipinski definition) is 5. The summed E-state index contributed by atoms with van der Waals surface area (Å²) in [6.07, 6.45) is 4.82. The van der Waals surface area contributed by atoms with Crippen LogP contribution in [-0.4, -0.2) is 31.2 Å². The molecule has 0 fully saturated rings. The van der Waals surface area contributed by atoms with Crippen LogP contribution in [0.25, 0.3) is 12.2 Å². The molecular weight excluding hydrogens is 432 g/mol. The smallest absolute Gasteiger partial charge is 0.354 e. The second-order valence-electron chi connectivity index (χ2n) is 7.33. The number of benzene rings is 2. The third kappa shape index (κ3) is 8.24. The van der Waals surface area contributed by atoms with Gasteiger partial charge in [0.2, 0.25) is 0 Å². The Kier molecular flexibility index (Phi) is 10.6. The predicted octanol–water partition coefficient (Wildman–Crippen LogP) is 4.62. The number of aryl methyl sites for hydroxylation is 2. The van der Waals surface area contributed by atoms with E-state index in [1.165, 1.54) is 12.2 Å². The number of esters is 2. The van der Waals surface area contributed by atoms with E-state index in [0.717, 1.165) is 35.1 Å². The van der Waals surface area contributed by atoms with Crippen LogP contribution in [0.15, 0.2) is 59.9 Å². The van der Waals surface area contributed by atoms with Crippen LogP contribution in [0.2, 0.25) is 0 Å². The van der Waals surface area contributed by atoms with Crippen molar-refractivity contribution in [3.8, 4) is 0 Å². The molecule has 0 atom stereocenters. The van der Waals surface area contributed by atoms with E-state index in [1.54, 1.807) is 13.8 Å². The third-order valence-electron chi connectivity index (χ3n) is 4.89. The summed E-state index contributed by atoms with van der Waals surface area (Å²) < 4.78 is 10.1. The third-order valence-corrected chi connectivity index (χ3v) is 4.89. The predicted molar refractivity (Wildman–Crippen MR) is 133 cm³/mol. The molecule has 7 heteroatoms. The zero-order valence-electron chi connectivity index (χ0n) is 20.1. The molecule has 0 spiro atoms. The van der Waals surface area contributed by atoms with Crippen LogP contribution < -0.4 is 10.6 Å². The molecule has 0 aromatic heterocycles. The van der Waals surface area contributed by atoms with Gasteiger partial charge in [0, 0.05) is 0 Å². The van der Waals surface area contributed by atoms with Gasteiger partial charge in [0.15, 0.2) is 0 Å². The zero-order chi connectivity index (χ0) is 24.9.